The van der Waals surface area contributed by atoms with Crippen LogP contribution in [-0.2, 0) is 11.8 Å². The van der Waals surface area contributed by atoms with Crippen LogP contribution in [0.2, 0.25) is 0 Å². The molecule has 0 saturated heterocycles. The molecule has 1 fully saturated rings. The molecule has 0 aromatic carbocycles. The summed E-state index contributed by atoms with van der Waals surface area (Å²) in [5.74, 6) is 1.82. The number of aromatic nitrogens is 1. The minimum atomic E-state index is 0.181. The molecule has 0 bridgehead atoms. The molecule has 2 aliphatic rings. The van der Waals surface area contributed by atoms with Crippen molar-refractivity contribution in [2.75, 3.05) is 0 Å². The Morgan fingerprint density at radius 1 is 1.18 bits per heavy atom. The molecule has 0 amide bonds. The van der Waals surface area contributed by atoms with Crippen molar-refractivity contribution in [2.24, 2.45) is 5.92 Å². The first-order chi connectivity index (χ1) is 8.05. The van der Waals surface area contributed by atoms with Gasteiger partial charge in [0.2, 0.25) is 0 Å². The lowest BCUT2D eigenvalue weighted by atomic mass is 9.76. The lowest BCUT2D eigenvalue weighted by Gasteiger charge is -2.30. The molecule has 0 N–H and O–H groups in total. The summed E-state index contributed by atoms with van der Waals surface area (Å²) in [6.45, 7) is 6.78. The molecule has 1 heterocycles. The van der Waals surface area contributed by atoms with Gasteiger partial charge in [-0.15, -0.1) is 0 Å². The Kier molecular flexibility index (Phi) is 2.53. The van der Waals surface area contributed by atoms with Crippen LogP contribution in [0.3, 0.4) is 0 Å². The molecule has 1 saturated carbocycles. The van der Waals surface area contributed by atoms with Gasteiger partial charge in [0.1, 0.15) is 0 Å². The highest BCUT2D eigenvalue weighted by molar-refractivity contribution is 5.35. The second-order valence-corrected chi connectivity index (χ2v) is 6.85. The topological polar surface area (TPSA) is 12.9 Å². The Morgan fingerprint density at radius 3 is 2.76 bits per heavy atom. The lowest BCUT2D eigenvalue weighted by molar-refractivity contribution is 0.420. The lowest BCUT2D eigenvalue weighted by Crippen LogP contribution is -2.20. The summed E-state index contributed by atoms with van der Waals surface area (Å²) in [7, 11) is 0. The maximum Gasteiger partial charge on any atom is 0.0460 e. The van der Waals surface area contributed by atoms with Crippen molar-refractivity contribution in [3.8, 4) is 0 Å². The zero-order chi connectivity index (χ0) is 12.0. The standard InChI is InChI=1S/C16H23N/c1-16(2,3)15-9-14-12(10-17-15)8-7-11-5-4-6-13(11)14/h9-11,13H,4-8H2,1-3H3. The first-order valence-electron chi connectivity index (χ1n) is 7.05. The molecule has 3 rings (SSSR count). The Hall–Kier alpha value is -0.850. The molecule has 0 aliphatic heterocycles. The monoisotopic (exact) mass is 229 g/mol. The van der Waals surface area contributed by atoms with Crippen LogP contribution in [0.25, 0.3) is 0 Å². The van der Waals surface area contributed by atoms with Gasteiger partial charge in [-0.1, -0.05) is 27.2 Å². The van der Waals surface area contributed by atoms with Gasteiger partial charge in [-0.2, -0.15) is 0 Å². The van der Waals surface area contributed by atoms with Crippen molar-refractivity contribution in [2.45, 2.75) is 64.2 Å². The molecular formula is C16H23N. The smallest absolute Gasteiger partial charge is 0.0460 e. The highest BCUT2D eigenvalue weighted by Gasteiger charge is 2.34. The van der Waals surface area contributed by atoms with Crippen LogP contribution in [0.1, 0.15) is 69.2 Å². The van der Waals surface area contributed by atoms with Gasteiger partial charge in [-0.05, 0) is 54.7 Å². The fourth-order valence-electron chi connectivity index (χ4n) is 3.60. The van der Waals surface area contributed by atoms with Crippen molar-refractivity contribution in [1.29, 1.82) is 0 Å². The SMILES string of the molecule is CC(C)(C)c1cc2c(cn1)CCC1CCCC21. The van der Waals surface area contributed by atoms with E-state index in [1.807, 2.05) is 0 Å². The normalized spacial score (nSPS) is 27.7. The number of fused-ring (bicyclic) bond motifs is 3. The summed E-state index contributed by atoms with van der Waals surface area (Å²) in [6.07, 6.45) is 9.11. The highest BCUT2D eigenvalue weighted by Crippen LogP contribution is 2.47. The van der Waals surface area contributed by atoms with E-state index in [4.69, 9.17) is 0 Å². The summed E-state index contributed by atoms with van der Waals surface area (Å²) in [4.78, 5) is 4.68. The number of rotatable bonds is 0. The van der Waals surface area contributed by atoms with E-state index in [0.717, 1.165) is 11.8 Å². The van der Waals surface area contributed by atoms with Gasteiger partial charge in [0.25, 0.3) is 0 Å². The third-order valence-corrected chi connectivity index (χ3v) is 4.63. The third kappa shape index (κ3) is 1.90. The average Bonchev–Trinajstić information content (AvgIpc) is 2.75. The van der Waals surface area contributed by atoms with E-state index in [1.54, 1.807) is 5.56 Å². The van der Waals surface area contributed by atoms with Gasteiger partial charge < -0.3 is 0 Å². The van der Waals surface area contributed by atoms with Gasteiger partial charge in [-0.3, -0.25) is 4.98 Å². The van der Waals surface area contributed by atoms with Crippen molar-refractivity contribution < 1.29 is 0 Å². The van der Waals surface area contributed by atoms with Crippen LogP contribution in [0.5, 0.6) is 0 Å². The van der Waals surface area contributed by atoms with Crippen LogP contribution in [0, 0.1) is 5.92 Å². The van der Waals surface area contributed by atoms with E-state index in [9.17, 15) is 0 Å². The largest absolute Gasteiger partial charge is 0.260 e. The Labute approximate surface area is 105 Å². The zero-order valence-corrected chi connectivity index (χ0v) is 11.3. The van der Waals surface area contributed by atoms with Gasteiger partial charge in [0.05, 0.1) is 0 Å². The summed E-state index contributed by atoms with van der Waals surface area (Å²) in [5, 5.41) is 0. The number of pyridine rings is 1. The van der Waals surface area contributed by atoms with Gasteiger partial charge in [-0.25, -0.2) is 0 Å². The molecule has 0 radical (unpaired) electrons. The van der Waals surface area contributed by atoms with E-state index in [0.29, 0.717) is 0 Å². The van der Waals surface area contributed by atoms with Crippen LogP contribution in [0.4, 0.5) is 0 Å². The van der Waals surface area contributed by atoms with Crippen LogP contribution >= 0.6 is 0 Å². The molecule has 2 aliphatic carbocycles. The van der Waals surface area contributed by atoms with E-state index in [-0.39, 0.29) is 5.41 Å². The fourth-order valence-corrected chi connectivity index (χ4v) is 3.60. The summed E-state index contributed by atoms with van der Waals surface area (Å²) >= 11 is 0. The molecule has 1 aromatic rings. The van der Waals surface area contributed by atoms with Crippen molar-refractivity contribution in [1.82, 2.24) is 4.98 Å². The maximum atomic E-state index is 4.68. The molecule has 2 atom stereocenters. The summed E-state index contributed by atoms with van der Waals surface area (Å²) < 4.78 is 0. The maximum absolute atomic E-state index is 4.68. The second kappa shape index (κ2) is 3.83. The highest BCUT2D eigenvalue weighted by atomic mass is 14.7. The predicted octanol–water partition coefficient (Wildman–Crippen LogP) is 4.21. The van der Waals surface area contributed by atoms with E-state index >= 15 is 0 Å². The second-order valence-electron chi connectivity index (χ2n) is 6.85. The minimum Gasteiger partial charge on any atom is -0.260 e. The molecular weight excluding hydrogens is 206 g/mol. The molecule has 92 valence electrons. The van der Waals surface area contributed by atoms with Crippen molar-refractivity contribution >= 4 is 0 Å². The quantitative estimate of drug-likeness (QED) is 0.649. The fraction of sp³-hybridized carbons (Fsp3) is 0.688. The number of aryl methyl sites for hydroxylation is 1. The minimum absolute atomic E-state index is 0.181. The van der Waals surface area contributed by atoms with E-state index < -0.39 is 0 Å². The average molecular weight is 229 g/mol. The molecule has 17 heavy (non-hydrogen) atoms. The van der Waals surface area contributed by atoms with E-state index in [1.165, 1.54) is 43.4 Å². The molecule has 2 unspecified atom stereocenters. The van der Waals surface area contributed by atoms with Crippen molar-refractivity contribution in [3.63, 3.8) is 0 Å². The Bertz CT molecular complexity index is 428. The van der Waals surface area contributed by atoms with Gasteiger partial charge >= 0.3 is 0 Å². The number of hydrogen-bond acceptors (Lipinski definition) is 1. The molecule has 1 heteroatoms. The Morgan fingerprint density at radius 2 is 2.00 bits per heavy atom. The first-order valence-corrected chi connectivity index (χ1v) is 7.05. The molecule has 1 aromatic heterocycles. The van der Waals surface area contributed by atoms with Gasteiger partial charge in [0, 0.05) is 17.3 Å². The molecule has 0 spiro atoms. The van der Waals surface area contributed by atoms with Gasteiger partial charge in [0.15, 0.2) is 0 Å². The first kappa shape index (κ1) is 11.3. The van der Waals surface area contributed by atoms with E-state index in [2.05, 4.69) is 38.0 Å². The number of hydrogen-bond donors (Lipinski definition) is 0. The summed E-state index contributed by atoms with van der Waals surface area (Å²) in [6, 6.07) is 2.41. The third-order valence-electron chi connectivity index (χ3n) is 4.63. The predicted molar refractivity (Wildman–Crippen MR) is 71.3 cm³/mol. The zero-order valence-electron chi connectivity index (χ0n) is 11.3. The van der Waals surface area contributed by atoms with Crippen molar-refractivity contribution in [3.05, 3.63) is 29.1 Å². The van der Waals surface area contributed by atoms with Crippen LogP contribution in [0.15, 0.2) is 12.3 Å². The summed E-state index contributed by atoms with van der Waals surface area (Å²) in [5.41, 5.74) is 4.62. The molecule has 1 nitrogen and oxygen atoms in total. The van der Waals surface area contributed by atoms with Crippen LogP contribution < -0.4 is 0 Å². The van der Waals surface area contributed by atoms with Crippen LogP contribution in [-0.4, -0.2) is 4.98 Å². The Balaban J connectivity index is 2.04. The number of nitrogens with zero attached hydrogens (tertiary/aromatic N) is 1.